The molecule has 0 aliphatic rings. The van der Waals surface area contributed by atoms with E-state index < -0.39 is 10.0 Å². The Kier molecular flexibility index (Phi) is 6.44. The fraction of sp³-hybridized carbons (Fsp3) is 0.412. The molecule has 1 amide bonds. The molecule has 2 aromatic rings. The Balaban J connectivity index is 2.32. The van der Waals surface area contributed by atoms with Crippen molar-refractivity contribution in [3.05, 3.63) is 46.7 Å². The van der Waals surface area contributed by atoms with Gasteiger partial charge in [0.1, 0.15) is 0 Å². The highest BCUT2D eigenvalue weighted by atomic mass is 35.5. The maximum atomic E-state index is 12.8. The summed E-state index contributed by atoms with van der Waals surface area (Å²) in [4.78, 5) is 14.3. The van der Waals surface area contributed by atoms with Crippen LogP contribution in [0.5, 0.6) is 0 Å². The van der Waals surface area contributed by atoms with Gasteiger partial charge in [-0.2, -0.15) is 9.40 Å². The maximum Gasteiger partial charge on any atom is 0.255 e. The van der Waals surface area contributed by atoms with Crippen LogP contribution in [0.2, 0.25) is 5.02 Å². The Morgan fingerprint density at radius 2 is 1.92 bits per heavy atom. The van der Waals surface area contributed by atoms with Crippen LogP contribution in [0.3, 0.4) is 0 Å². The van der Waals surface area contributed by atoms with Crippen molar-refractivity contribution < 1.29 is 13.2 Å². The molecule has 2 rings (SSSR count). The summed E-state index contributed by atoms with van der Waals surface area (Å²) in [5, 5.41) is 4.29. The fourth-order valence-corrected chi connectivity index (χ4v) is 4.33. The molecule has 0 bridgehead atoms. The molecule has 0 fully saturated rings. The first kappa shape index (κ1) is 20.4. The van der Waals surface area contributed by atoms with Crippen LogP contribution in [-0.2, 0) is 23.6 Å². The summed E-state index contributed by atoms with van der Waals surface area (Å²) in [6, 6.07) is 4.22. The van der Waals surface area contributed by atoms with E-state index in [1.165, 1.54) is 27.4 Å². The second-order valence-corrected chi connectivity index (χ2v) is 8.26. The van der Waals surface area contributed by atoms with Crippen molar-refractivity contribution in [2.45, 2.75) is 25.3 Å². The third kappa shape index (κ3) is 4.25. The molecular weight excluding hydrogens is 376 g/mol. The molecule has 0 spiro atoms. The van der Waals surface area contributed by atoms with Gasteiger partial charge in [0.05, 0.1) is 21.7 Å². The largest absolute Gasteiger partial charge is 0.337 e. The van der Waals surface area contributed by atoms with Gasteiger partial charge in [0, 0.05) is 45.5 Å². The van der Waals surface area contributed by atoms with E-state index in [1.807, 2.05) is 6.20 Å². The zero-order chi connectivity index (χ0) is 19.5. The third-order valence-corrected chi connectivity index (χ3v) is 6.41. The molecule has 0 saturated heterocycles. The van der Waals surface area contributed by atoms with Gasteiger partial charge in [-0.15, -0.1) is 0 Å². The predicted molar refractivity (Wildman–Crippen MR) is 101 cm³/mol. The molecule has 0 N–H and O–H groups in total. The Labute approximate surface area is 159 Å². The third-order valence-electron chi connectivity index (χ3n) is 4.04. The Hall–Kier alpha value is -1.90. The maximum absolute atomic E-state index is 12.8. The van der Waals surface area contributed by atoms with Gasteiger partial charge in [0.25, 0.3) is 5.91 Å². The minimum atomic E-state index is -3.66. The smallest absolute Gasteiger partial charge is 0.255 e. The zero-order valence-corrected chi connectivity index (χ0v) is 16.9. The molecular formula is C17H23ClN4O3S. The van der Waals surface area contributed by atoms with Crippen molar-refractivity contribution in [2.24, 2.45) is 7.05 Å². The summed E-state index contributed by atoms with van der Waals surface area (Å²) in [7, 11) is -0.233. The van der Waals surface area contributed by atoms with Gasteiger partial charge >= 0.3 is 0 Å². The summed E-state index contributed by atoms with van der Waals surface area (Å²) in [5.74, 6) is -0.351. The number of sulfonamides is 1. The number of aromatic nitrogens is 2. The predicted octanol–water partition coefficient (Wildman–Crippen LogP) is 2.38. The van der Waals surface area contributed by atoms with Gasteiger partial charge in [-0.1, -0.05) is 25.4 Å². The molecule has 7 nitrogen and oxygen atoms in total. The lowest BCUT2D eigenvalue weighted by molar-refractivity contribution is 0.0785. The molecule has 0 radical (unpaired) electrons. The highest BCUT2D eigenvalue weighted by Crippen LogP contribution is 2.24. The number of hydrogen-bond donors (Lipinski definition) is 0. The number of amides is 1. The molecule has 0 saturated carbocycles. The van der Waals surface area contributed by atoms with Crippen LogP contribution in [0, 0.1) is 0 Å². The van der Waals surface area contributed by atoms with Crippen molar-refractivity contribution in [3.63, 3.8) is 0 Å². The van der Waals surface area contributed by atoms with E-state index in [1.54, 1.807) is 38.8 Å². The zero-order valence-electron chi connectivity index (χ0n) is 15.3. The molecule has 0 atom stereocenters. The topological polar surface area (TPSA) is 75.5 Å². The van der Waals surface area contributed by atoms with Crippen LogP contribution in [0.15, 0.2) is 35.5 Å². The van der Waals surface area contributed by atoms with Gasteiger partial charge in [-0.3, -0.25) is 9.48 Å². The highest BCUT2D eigenvalue weighted by Gasteiger charge is 2.25. The van der Waals surface area contributed by atoms with E-state index in [4.69, 9.17) is 11.6 Å². The molecule has 142 valence electrons. The van der Waals surface area contributed by atoms with E-state index in [2.05, 4.69) is 5.10 Å². The van der Waals surface area contributed by atoms with Gasteiger partial charge in [-0.05, 0) is 18.2 Å². The number of rotatable bonds is 7. The molecule has 1 aromatic heterocycles. The number of aryl methyl sites for hydroxylation is 1. The number of hydrogen-bond acceptors (Lipinski definition) is 4. The molecule has 26 heavy (non-hydrogen) atoms. The van der Waals surface area contributed by atoms with Crippen LogP contribution in [0.1, 0.15) is 29.8 Å². The first-order valence-corrected chi connectivity index (χ1v) is 10.0. The number of benzene rings is 1. The van der Waals surface area contributed by atoms with Gasteiger partial charge < -0.3 is 4.90 Å². The normalized spacial score (nSPS) is 11.8. The SMILES string of the molecule is CCN(CC)S(=O)(=O)c1ccc(Cl)c(C(=O)N(C)Cc2cnn(C)c2)c1. The molecule has 9 heteroatoms. The summed E-state index contributed by atoms with van der Waals surface area (Å²) in [5.41, 5.74) is 1.03. The number of carbonyl (C=O) groups excluding carboxylic acids is 1. The lowest BCUT2D eigenvalue weighted by atomic mass is 10.2. The summed E-state index contributed by atoms with van der Waals surface area (Å²) < 4.78 is 28.4. The van der Waals surface area contributed by atoms with Crippen LogP contribution < -0.4 is 0 Å². The van der Waals surface area contributed by atoms with Crippen LogP contribution in [-0.4, -0.2) is 53.4 Å². The minimum Gasteiger partial charge on any atom is -0.337 e. The Morgan fingerprint density at radius 1 is 1.27 bits per heavy atom. The molecule has 0 aliphatic carbocycles. The lowest BCUT2D eigenvalue weighted by Gasteiger charge is -2.20. The summed E-state index contributed by atoms with van der Waals surface area (Å²) >= 11 is 6.17. The van der Waals surface area contributed by atoms with Crippen molar-refractivity contribution in [1.82, 2.24) is 19.0 Å². The average molecular weight is 399 g/mol. The van der Waals surface area contributed by atoms with Crippen molar-refractivity contribution in [2.75, 3.05) is 20.1 Å². The second-order valence-electron chi connectivity index (χ2n) is 5.91. The standard InChI is InChI=1S/C17H23ClN4O3S/c1-5-22(6-2)26(24,25)14-7-8-16(18)15(9-14)17(23)20(3)11-13-10-19-21(4)12-13/h7-10,12H,5-6,11H2,1-4H3. The second kappa shape index (κ2) is 8.20. The summed E-state index contributed by atoms with van der Waals surface area (Å²) in [6.45, 7) is 4.59. The number of carbonyl (C=O) groups is 1. The average Bonchev–Trinajstić information content (AvgIpc) is 3.00. The van der Waals surface area contributed by atoms with E-state index in [9.17, 15) is 13.2 Å². The Morgan fingerprint density at radius 3 is 2.46 bits per heavy atom. The monoisotopic (exact) mass is 398 g/mol. The van der Waals surface area contributed by atoms with E-state index in [-0.39, 0.29) is 21.4 Å². The van der Waals surface area contributed by atoms with Gasteiger partial charge in [0.2, 0.25) is 10.0 Å². The van der Waals surface area contributed by atoms with Gasteiger partial charge in [-0.25, -0.2) is 8.42 Å². The lowest BCUT2D eigenvalue weighted by Crippen LogP contribution is -2.31. The summed E-state index contributed by atoms with van der Waals surface area (Å²) in [6.07, 6.45) is 3.49. The van der Waals surface area contributed by atoms with Crippen molar-refractivity contribution in [3.8, 4) is 0 Å². The van der Waals surface area contributed by atoms with E-state index in [0.29, 0.717) is 19.6 Å². The molecule has 0 aliphatic heterocycles. The van der Waals surface area contributed by atoms with E-state index in [0.717, 1.165) is 5.56 Å². The minimum absolute atomic E-state index is 0.0590. The van der Waals surface area contributed by atoms with E-state index >= 15 is 0 Å². The first-order valence-electron chi connectivity index (χ1n) is 8.23. The van der Waals surface area contributed by atoms with Crippen LogP contribution >= 0.6 is 11.6 Å². The number of nitrogens with zero attached hydrogens (tertiary/aromatic N) is 4. The van der Waals surface area contributed by atoms with Crippen molar-refractivity contribution >= 4 is 27.5 Å². The molecule has 1 aromatic carbocycles. The number of halogens is 1. The molecule has 0 unspecified atom stereocenters. The first-order chi connectivity index (χ1) is 12.2. The quantitative estimate of drug-likeness (QED) is 0.717. The Bertz CT molecular complexity index is 891. The molecule has 1 heterocycles. The van der Waals surface area contributed by atoms with Gasteiger partial charge in [0.15, 0.2) is 0 Å². The van der Waals surface area contributed by atoms with Crippen LogP contribution in [0.25, 0.3) is 0 Å². The highest BCUT2D eigenvalue weighted by molar-refractivity contribution is 7.89. The van der Waals surface area contributed by atoms with Crippen molar-refractivity contribution in [1.29, 1.82) is 0 Å². The fourth-order valence-electron chi connectivity index (χ4n) is 2.65. The van der Waals surface area contributed by atoms with Crippen LogP contribution in [0.4, 0.5) is 0 Å².